The van der Waals surface area contributed by atoms with Gasteiger partial charge >= 0.3 is 0 Å². The molecule has 0 spiro atoms. The number of benzene rings is 2. The number of hydrogen-bond acceptors (Lipinski definition) is 4. The molecule has 0 radical (unpaired) electrons. The maximum Gasteiger partial charge on any atom is 0.173 e. The Morgan fingerprint density at radius 2 is 1.97 bits per heavy atom. The number of fused-ring (bicyclic) bond motifs is 1. The molecule has 2 aliphatic rings. The Bertz CT molecular complexity index is 1040. The molecular formula is C25H26N2O2S. The molecule has 2 aromatic carbocycles. The number of imidazole rings is 1. The number of carbonyl (C=O) groups excluding carboxylic acids is 1. The van der Waals surface area contributed by atoms with Crippen LogP contribution in [0.3, 0.4) is 0 Å². The molecule has 0 N–H and O–H groups in total. The van der Waals surface area contributed by atoms with Crippen molar-refractivity contribution in [2.75, 3.05) is 12.4 Å². The molecule has 154 valence electrons. The van der Waals surface area contributed by atoms with Gasteiger partial charge in [-0.2, -0.15) is 0 Å². The van der Waals surface area contributed by atoms with Crippen molar-refractivity contribution in [3.63, 3.8) is 0 Å². The zero-order chi connectivity index (χ0) is 20.3. The summed E-state index contributed by atoms with van der Waals surface area (Å²) in [5, 5.41) is 0.888. The third kappa shape index (κ3) is 4.09. The van der Waals surface area contributed by atoms with Gasteiger partial charge in [0.2, 0.25) is 0 Å². The summed E-state index contributed by atoms with van der Waals surface area (Å²) in [5.41, 5.74) is 5.79. The van der Waals surface area contributed by atoms with Gasteiger partial charge < -0.3 is 9.30 Å². The van der Waals surface area contributed by atoms with E-state index in [0.29, 0.717) is 5.75 Å². The standard InChI is InChI=1S/C25H26N2O2S/c28-24(21-12-11-18-8-4-9-20(18)14-21)17-30-25-26-15-23(19-6-2-1-3-7-19)27(25)16-22-10-5-13-29-22/h1-3,6-7,11-12,14-15,22H,4-5,8-10,13,16-17H2. The van der Waals surface area contributed by atoms with E-state index in [0.717, 1.165) is 60.8 Å². The predicted octanol–water partition coefficient (Wildman–Crippen LogP) is 5.19. The molecule has 1 fully saturated rings. The highest BCUT2D eigenvalue weighted by atomic mass is 32.2. The Morgan fingerprint density at radius 3 is 2.80 bits per heavy atom. The maximum atomic E-state index is 12.9. The third-order valence-electron chi connectivity index (χ3n) is 6.05. The summed E-state index contributed by atoms with van der Waals surface area (Å²) in [5.74, 6) is 0.567. The first-order chi connectivity index (χ1) is 14.8. The van der Waals surface area contributed by atoms with Crippen molar-refractivity contribution in [3.05, 3.63) is 71.4 Å². The predicted molar refractivity (Wildman–Crippen MR) is 120 cm³/mol. The van der Waals surface area contributed by atoms with Crippen LogP contribution in [0.15, 0.2) is 59.9 Å². The van der Waals surface area contributed by atoms with Crippen molar-refractivity contribution in [1.82, 2.24) is 9.55 Å². The summed E-state index contributed by atoms with van der Waals surface area (Å²) < 4.78 is 8.11. The smallest absolute Gasteiger partial charge is 0.173 e. The number of aromatic nitrogens is 2. The minimum absolute atomic E-state index is 0.169. The van der Waals surface area contributed by atoms with Crippen molar-refractivity contribution in [3.8, 4) is 11.3 Å². The van der Waals surface area contributed by atoms with Crippen molar-refractivity contribution < 1.29 is 9.53 Å². The van der Waals surface area contributed by atoms with E-state index in [1.807, 2.05) is 30.5 Å². The van der Waals surface area contributed by atoms with Gasteiger partial charge in [0.25, 0.3) is 0 Å². The molecular weight excluding hydrogens is 392 g/mol. The second-order valence-electron chi connectivity index (χ2n) is 8.09. The molecule has 1 aliphatic carbocycles. The SMILES string of the molecule is O=C(CSc1ncc(-c2ccccc2)n1CC1CCCO1)c1ccc2c(c1)CCC2. The molecule has 0 bridgehead atoms. The van der Waals surface area contributed by atoms with Gasteiger partial charge in [-0.3, -0.25) is 4.79 Å². The van der Waals surface area contributed by atoms with Gasteiger partial charge in [0.05, 0.1) is 30.3 Å². The Balaban J connectivity index is 1.35. The average Bonchev–Trinajstić information content (AvgIpc) is 3.54. The van der Waals surface area contributed by atoms with Gasteiger partial charge in [0.15, 0.2) is 10.9 Å². The fourth-order valence-electron chi connectivity index (χ4n) is 4.44. The van der Waals surface area contributed by atoms with E-state index in [2.05, 4.69) is 33.8 Å². The Kier molecular flexibility index (Phi) is 5.73. The number of carbonyl (C=O) groups is 1. The van der Waals surface area contributed by atoms with Crippen LogP contribution in [0, 0.1) is 0 Å². The summed E-state index contributed by atoms with van der Waals surface area (Å²) in [6, 6.07) is 16.5. The molecule has 1 atom stereocenters. The minimum atomic E-state index is 0.169. The lowest BCUT2D eigenvalue weighted by molar-refractivity contribution is 0.0954. The van der Waals surface area contributed by atoms with Crippen LogP contribution in [-0.2, 0) is 24.1 Å². The minimum Gasteiger partial charge on any atom is -0.376 e. The van der Waals surface area contributed by atoms with Crippen molar-refractivity contribution >= 4 is 17.5 Å². The van der Waals surface area contributed by atoms with Crippen molar-refractivity contribution in [2.24, 2.45) is 0 Å². The fourth-order valence-corrected chi connectivity index (χ4v) is 5.32. The topological polar surface area (TPSA) is 44.1 Å². The molecule has 4 nitrogen and oxygen atoms in total. The van der Waals surface area contributed by atoms with Crippen molar-refractivity contribution in [2.45, 2.75) is 49.9 Å². The molecule has 0 saturated carbocycles. The molecule has 0 amide bonds. The third-order valence-corrected chi connectivity index (χ3v) is 7.04. The Hall–Kier alpha value is -2.37. The number of rotatable bonds is 7. The van der Waals surface area contributed by atoms with Crippen LogP contribution in [0.5, 0.6) is 0 Å². The van der Waals surface area contributed by atoms with E-state index in [1.54, 1.807) is 0 Å². The van der Waals surface area contributed by atoms with Crippen LogP contribution in [0.1, 0.15) is 40.7 Å². The largest absolute Gasteiger partial charge is 0.376 e. The number of thioether (sulfide) groups is 1. The summed E-state index contributed by atoms with van der Waals surface area (Å²) in [6.07, 6.45) is 7.76. The average molecular weight is 419 g/mol. The lowest BCUT2D eigenvalue weighted by Crippen LogP contribution is -2.17. The number of Topliss-reactive ketones (excluding diaryl/α,β-unsaturated/α-hetero) is 1. The Morgan fingerprint density at radius 1 is 1.10 bits per heavy atom. The summed E-state index contributed by atoms with van der Waals surface area (Å²) in [7, 11) is 0. The van der Waals surface area contributed by atoms with Crippen LogP contribution >= 0.6 is 11.8 Å². The molecule has 3 aromatic rings. The van der Waals surface area contributed by atoms with Gasteiger partial charge in [-0.15, -0.1) is 0 Å². The number of hydrogen-bond donors (Lipinski definition) is 0. The number of nitrogens with zero attached hydrogens (tertiary/aromatic N) is 2. The highest BCUT2D eigenvalue weighted by Crippen LogP contribution is 2.29. The van der Waals surface area contributed by atoms with Crippen LogP contribution in [0.4, 0.5) is 0 Å². The number of aryl methyl sites for hydroxylation is 2. The van der Waals surface area contributed by atoms with Crippen LogP contribution < -0.4 is 0 Å². The lowest BCUT2D eigenvalue weighted by Gasteiger charge is -2.16. The Labute approximate surface area is 181 Å². The first-order valence-corrected chi connectivity index (χ1v) is 11.8. The zero-order valence-corrected chi connectivity index (χ0v) is 17.9. The molecule has 1 aliphatic heterocycles. The maximum absolute atomic E-state index is 12.9. The van der Waals surface area contributed by atoms with E-state index in [9.17, 15) is 4.79 Å². The normalized spacial score (nSPS) is 17.9. The molecule has 5 rings (SSSR count). The zero-order valence-electron chi connectivity index (χ0n) is 17.0. The molecule has 1 unspecified atom stereocenters. The summed E-state index contributed by atoms with van der Waals surface area (Å²) in [6.45, 7) is 1.61. The van der Waals surface area contributed by atoms with Gasteiger partial charge in [-0.25, -0.2) is 4.98 Å². The molecule has 5 heteroatoms. The highest BCUT2D eigenvalue weighted by molar-refractivity contribution is 7.99. The quantitative estimate of drug-likeness (QED) is 0.391. The lowest BCUT2D eigenvalue weighted by atomic mass is 10.0. The van der Waals surface area contributed by atoms with Crippen LogP contribution in [-0.4, -0.2) is 33.8 Å². The highest BCUT2D eigenvalue weighted by Gasteiger charge is 2.21. The van der Waals surface area contributed by atoms with E-state index < -0.39 is 0 Å². The molecule has 30 heavy (non-hydrogen) atoms. The monoisotopic (exact) mass is 418 g/mol. The first kappa shape index (κ1) is 19.6. The summed E-state index contributed by atoms with van der Waals surface area (Å²) in [4.78, 5) is 17.5. The van der Waals surface area contributed by atoms with Crippen molar-refractivity contribution in [1.29, 1.82) is 0 Å². The van der Waals surface area contributed by atoms with E-state index in [4.69, 9.17) is 4.74 Å². The van der Waals surface area contributed by atoms with E-state index in [1.165, 1.54) is 29.3 Å². The van der Waals surface area contributed by atoms with Crippen LogP contribution in [0.2, 0.25) is 0 Å². The molecule has 1 saturated heterocycles. The van der Waals surface area contributed by atoms with Gasteiger partial charge in [-0.05, 0) is 54.9 Å². The second-order valence-corrected chi connectivity index (χ2v) is 9.03. The molecule has 1 aromatic heterocycles. The number of ether oxygens (including phenoxy) is 1. The van der Waals surface area contributed by atoms with Gasteiger partial charge in [0, 0.05) is 12.2 Å². The van der Waals surface area contributed by atoms with E-state index >= 15 is 0 Å². The van der Waals surface area contributed by atoms with Gasteiger partial charge in [0.1, 0.15) is 0 Å². The van der Waals surface area contributed by atoms with E-state index in [-0.39, 0.29) is 11.9 Å². The second kappa shape index (κ2) is 8.78. The fraction of sp³-hybridized carbons (Fsp3) is 0.360. The van der Waals surface area contributed by atoms with Crippen LogP contribution in [0.25, 0.3) is 11.3 Å². The first-order valence-electron chi connectivity index (χ1n) is 10.8. The molecule has 2 heterocycles. The summed E-state index contributed by atoms with van der Waals surface area (Å²) >= 11 is 1.53. The number of ketones is 1. The van der Waals surface area contributed by atoms with Gasteiger partial charge in [-0.1, -0.05) is 54.2 Å².